The number of carboxylic acid groups (broad SMARTS) is 1. The van der Waals surface area contributed by atoms with Crippen LogP contribution in [0.5, 0.6) is 0 Å². The van der Waals surface area contributed by atoms with E-state index in [2.05, 4.69) is 15.9 Å². The Morgan fingerprint density at radius 1 is 1.24 bits per heavy atom. The summed E-state index contributed by atoms with van der Waals surface area (Å²) in [5.74, 6) is -0.876. The Labute approximate surface area is 154 Å². The van der Waals surface area contributed by atoms with Gasteiger partial charge in [-0.3, -0.25) is 9.10 Å². The van der Waals surface area contributed by atoms with Gasteiger partial charge in [-0.1, -0.05) is 40.2 Å². The van der Waals surface area contributed by atoms with Gasteiger partial charge in [0.05, 0.1) is 23.5 Å². The van der Waals surface area contributed by atoms with E-state index in [0.29, 0.717) is 22.3 Å². The number of hydrogen-bond donors (Lipinski definition) is 2. The smallest absolute Gasteiger partial charge is 0.309 e. The molecule has 0 radical (unpaired) electrons. The molecule has 1 unspecified atom stereocenters. The summed E-state index contributed by atoms with van der Waals surface area (Å²) in [6.07, 6.45) is 0.00706. The van der Waals surface area contributed by atoms with E-state index >= 15 is 0 Å². The maximum absolute atomic E-state index is 13.1. The summed E-state index contributed by atoms with van der Waals surface area (Å²) < 4.78 is 28.1. The number of nitrogens with two attached hydrogens (primary N) is 1. The first-order chi connectivity index (χ1) is 11.8. The van der Waals surface area contributed by atoms with Crippen molar-refractivity contribution in [3.63, 3.8) is 0 Å². The number of fused-ring (bicyclic) bond motifs is 2. The van der Waals surface area contributed by atoms with Crippen LogP contribution in [0.4, 0.5) is 5.69 Å². The number of aliphatic carboxylic acids is 1. The molecule has 132 valence electrons. The molecule has 0 amide bonds. The maximum Gasteiger partial charge on any atom is 0.309 e. The molecular formula is C17H18BrN2O4S+. The predicted molar refractivity (Wildman–Crippen MR) is 97.1 cm³/mol. The van der Waals surface area contributed by atoms with Gasteiger partial charge < -0.3 is 10.4 Å². The summed E-state index contributed by atoms with van der Waals surface area (Å²) in [5.41, 5.74) is 2.11. The highest BCUT2D eigenvalue weighted by Gasteiger charge is 2.36. The van der Waals surface area contributed by atoms with Crippen LogP contribution in [0.2, 0.25) is 0 Å². The molecule has 3 N–H and O–H groups in total. The molecule has 1 heterocycles. The molecule has 0 fully saturated rings. The van der Waals surface area contributed by atoms with E-state index in [9.17, 15) is 13.2 Å². The molecule has 8 heteroatoms. The Hall–Kier alpha value is -1.90. The zero-order valence-corrected chi connectivity index (χ0v) is 15.9. The Morgan fingerprint density at radius 3 is 2.68 bits per heavy atom. The van der Waals surface area contributed by atoms with Crippen molar-refractivity contribution in [2.45, 2.75) is 17.4 Å². The van der Waals surface area contributed by atoms with Gasteiger partial charge in [0.2, 0.25) is 0 Å². The van der Waals surface area contributed by atoms with Gasteiger partial charge in [-0.2, -0.15) is 0 Å². The molecule has 0 spiro atoms. The van der Waals surface area contributed by atoms with Crippen molar-refractivity contribution >= 4 is 37.6 Å². The fraction of sp³-hybridized carbons (Fsp3) is 0.235. The van der Waals surface area contributed by atoms with Gasteiger partial charge in [0, 0.05) is 22.6 Å². The molecule has 3 rings (SSSR count). The number of carbonyl (C=O) groups is 1. The molecule has 0 aromatic heterocycles. The zero-order chi connectivity index (χ0) is 18.2. The number of sulfonamides is 1. The topological polar surface area (TPSA) is 91.3 Å². The molecule has 1 atom stereocenters. The minimum atomic E-state index is -3.70. The number of anilines is 1. The summed E-state index contributed by atoms with van der Waals surface area (Å²) >= 11 is 3.34. The molecule has 0 aliphatic carbocycles. The van der Waals surface area contributed by atoms with Crippen molar-refractivity contribution in [2.75, 3.05) is 17.9 Å². The van der Waals surface area contributed by atoms with Gasteiger partial charge in [0.25, 0.3) is 10.0 Å². The average Bonchev–Trinajstić information content (AvgIpc) is 2.63. The largest absolute Gasteiger partial charge is 0.481 e. The van der Waals surface area contributed by atoms with Crippen LogP contribution in [0.3, 0.4) is 0 Å². The second-order valence-electron chi connectivity index (χ2n) is 5.86. The van der Waals surface area contributed by atoms with Gasteiger partial charge >= 0.3 is 5.97 Å². The minimum absolute atomic E-state index is 0.00706. The van der Waals surface area contributed by atoms with E-state index in [0.717, 1.165) is 5.56 Å². The highest BCUT2D eigenvalue weighted by atomic mass is 79.9. The highest BCUT2D eigenvalue weighted by Crippen LogP contribution is 2.39. The van der Waals surface area contributed by atoms with E-state index in [4.69, 9.17) is 5.11 Å². The van der Waals surface area contributed by atoms with Crippen LogP contribution < -0.4 is 9.62 Å². The van der Waals surface area contributed by atoms with Crippen LogP contribution in [0.1, 0.15) is 23.6 Å². The van der Waals surface area contributed by atoms with Crippen LogP contribution in [-0.2, 0) is 14.8 Å². The third-order valence-corrected chi connectivity index (χ3v) is 6.64. The van der Waals surface area contributed by atoms with Gasteiger partial charge in [-0.25, -0.2) is 8.42 Å². The van der Waals surface area contributed by atoms with Crippen molar-refractivity contribution in [1.82, 2.24) is 0 Å². The number of halogens is 1. The Bertz CT molecular complexity index is 930. The molecule has 6 nitrogen and oxygen atoms in total. The molecule has 2 aromatic carbocycles. The number of carboxylic acids is 1. The maximum atomic E-state index is 13.1. The SMILES string of the molecule is CN1c2ccccc2C([NH2+]CCC(=O)O)c2ccc(Br)cc2S1(=O)=O. The number of para-hydroxylation sites is 1. The average molecular weight is 426 g/mol. The molecule has 0 saturated heterocycles. The highest BCUT2D eigenvalue weighted by molar-refractivity contribution is 9.10. The fourth-order valence-electron chi connectivity index (χ4n) is 3.10. The Kier molecular flexibility index (Phi) is 4.86. The van der Waals surface area contributed by atoms with Crippen molar-refractivity contribution in [3.8, 4) is 0 Å². The first-order valence-electron chi connectivity index (χ1n) is 7.75. The van der Waals surface area contributed by atoms with Gasteiger partial charge in [-0.15, -0.1) is 0 Å². The van der Waals surface area contributed by atoms with E-state index in [1.807, 2.05) is 17.4 Å². The van der Waals surface area contributed by atoms with Gasteiger partial charge in [0.15, 0.2) is 0 Å². The summed E-state index contributed by atoms with van der Waals surface area (Å²) in [4.78, 5) is 11.1. The molecule has 1 aliphatic rings. The second kappa shape index (κ2) is 6.78. The zero-order valence-electron chi connectivity index (χ0n) is 13.5. The molecule has 0 bridgehead atoms. The number of hydrogen-bond acceptors (Lipinski definition) is 3. The Balaban J connectivity index is 2.20. The van der Waals surface area contributed by atoms with Gasteiger partial charge in [0.1, 0.15) is 6.04 Å². The lowest BCUT2D eigenvalue weighted by Gasteiger charge is -2.20. The Morgan fingerprint density at radius 2 is 1.96 bits per heavy atom. The monoisotopic (exact) mass is 425 g/mol. The first kappa shape index (κ1) is 17.9. The van der Waals surface area contributed by atoms with Crippen molar-refractivity contribution in [1.29, 1.82) is 0 Å². The molecule has 1 aliphatic heterocycles. The standard InChI is InChI=1S/C17H17BrN2O4S/c1-20-14-5-3-2-4-12(14)17(19-9-8-16(21)22)13-7-6-11(18)10-15(13)25(20,23)24/h2-7,10,17,19H,8-9H2,1H3,(H,21,22)/p+1. The third-order valence-electron chi connectivity index (χ3n) is 4.32. The van der Waals surface area contributed by atoms with E-state index in [1.165, 1.54) is 4.31 Å². The minimum Gasteiger partial charge on any atom is -0.481 e. The predicted octanol–water partition coefficient (Wildman–Crippen LogP) is 1.72. The molecule has 25 heavy (non-hydrogen) atoms. The fourth-order valence-corrected chi connectivity index (χ4v) is 5.10. The molecule has 2 aromatic rings. The summed E-state index contributed by atoms with van der Waals surface area (Å²) in [6.45, 7) is 0.355. The normalized spacial score (nSPS) is 18.2. The number of quaternary nitrogens is 1. The number of rotatable bonds is 4. The molecular weight excluding hydrogens is 408 g/mol. The van der Waals surface area contributed by atoms with E-state index in [-0.39, 0.29) is 17.4 Å². The second-order valence-corrected chi connectivity index (χ2v) is 8.71. The first-order valence-corrected chi connectivity index (χ1v) is 9.98. The van der Waals surface area contributed by atoms with Crippen LogP contribution in [0.15, 0.2) is 51.8 Å². The lowest BCUT2D eigenvalue weighted by Crippen LogP contribution is -2.85. The summed E-state index contributed by atoms with van der Waals surface area (Å²) in [7, 11) is -2.16. The van der Waals surface area contributed by atoms with E-state index < -0.39 is 16.0 Å². The van der Waals surface area contributed by atoms with Gasteiger partial charge in [-0.05, 0) is 18.2 Å². The summed E-state index contributed by atoms with van der Waals surface area (Å²) in [6, 6.07) is 12.2. The number of benzene rings is 2. The quantitative estimate of drug-likeness (QED) is 0.779. The summed E-state index contributed by atoms with van der Waals surface area (Å²) in [5, 5.41) is 10.8. The van der Waals surface area contributed by atoms with Crippen molar-refractivity contribution in [3.05, 3.63) is 58.1 Å². The lowest BCUT2D eigenvalue weighted by atomic mass is 9.97. The van der Waals surface area contributed by atoms with Crippen LogP contribution in [0.25, 0.3) is 0 Å². The van der Waals surface area contributed by atoms with E-state index in [1.54, 1.807) is 37.4 Å². The van der Waals surface area contributed by atoms with Crippen LogP contribution in [-0.4, -0.2) is 33.1 Å². The van der Waals surface area contributed by atoms with Crippen LogP contribution in [0, 0.1) is 0 Å². The van der Waals surface area contributed by atoms with Crippen molar-refractivity contribution in [2.24, 2.45) is 0 Å². The number of nitrogens with zero attached hydrogens (tertiary/aromatic N) is 1. The third kappa shape index (κ3) is 3.29. The van der Waals surface area contributed by atoms with Crippen molar-refractivity contribution < 1.29 is 23.6 Å². The lowest BCUT2D eigenvalue weighted by molar-refractivity contribution is -0.686. The van der Waals surface area contributed by atoms with Crippen LogP contribution >= 0.6 is 15.9 Å². The molecule has 0 saturated carbocycles.